The van der Waals surface area contributed by atoms with Crippen molar-refractivity contribution in [1.29, 1.82) is 0 Å². The van der Waals surface area contributed by atoms with Crippen LogP contribution >= 0.6 is 0 Å². The summed E-state index contributed by atoms with van der Waals surface area (Å²) in [5.41, 5.74) is 4.99. The summed E-state index contributed by atoms with van der Waals surface area (Å²) in [5.74, 6) is -0.242. The van der Waals surface area contributed by atoms with Crippen LogP contribution in [-0.2, 0) is 21.7 Å². The predicted octanol–water partition coefficient (Wildman–Crippen LogP) is 5.61. The molecule has 0 aliphatic carbocycles. The lowest BCUT2D eigenvalue weighted by atomic mass is 9.91. The second kappa shape index (κ2) is 8.62. The van der Waals surface area contributed by atoms with Crippen LogP contribution in [0.3, 0.4) is 0 Å². The summed E-state index contributed by atoms with van der Waals surface area (Å²) < 4.78 is 18.0. The lowest BCUT2D eigenvalue weighted by molar-refractivity contribution is -0.264. The zero-order chi connectivity index (χ0) is 30.1. The predicted molar refractivity (Wildman–Crippen MR) is 167 cm³/mol. The van der Waals surface area contributed by atoms with Crippen LogP contribution in [0.15, 0.2) is 72.8 Å². The smallest absolute Gasteiger partial charge is 0.254 e. The van der Waals surface area contributed by atoms with Crippen LogP contribution in [-0.4, -0.2) is 57.3 Å². The van der Waals surface area contributed by atoms with Crippen molar-refractivity contribution in [2.24, 2.45) is 0 Å². The number of carbonyl (C=O) groups is 2. The van der Waals surface area contributed by atoms with Crippen molar-refractivity contribution in [1.82, 2.24) is 19.4 Å². The fourth-order valence-electron chi connectivity index (χ4n) is 8.39. The number of rotatable bonds is 3. The van der Waals surface area contributed by atoms with E-state index in [1.165, 1.54) is 6.07 Å². The molecule has 0 spiro atoms. The van der Waals surface area contributed by atoms with E-state index >= 15 is 0 Å². The van der Waals surface area contributed by atoms with Crippen molar-refractivity contribution in [3.63, 3.8) is 0 Å². The zero-order valence-corrected chi connectivity index (χ0v) is 24.5. The molecule has 2 bridgehead atoms. The number of aromatic hydroxyl groups is 1. The molecule has 9 rings (SSSR count). The monoisotopic (exact) mass is 586 g/mol. The summed E-state index contributed by atoms with van der Waals surface area (Å²) in [4.78, 5) is 29.2. The normalized spacial score (nSPS) is 23.9. The van der Waals surface area contributed by atoms with E-state index in [-0.39, 0.29) is 17.6 Å². The van der Waals surface area contributed by atoms with Crippen molar-refractivity contribution in [2.75, 3.05) is 14.2 Å². The van der Waals surface area contributed by atoms with E-state index in [1.807, 2.05) is 24.3 Å². The van der Waals surface area contributed by atoms with Gasteiger partial charge < -0.3 is 33.9 Å². The number of methoxy groups -OCH3 is 1. The molecule has 9 nitrogen and oxygen atoms in total. The molecule has 44 heavy (non-hydrogen) atoms. The molecule has 2 amide bonds. The molecule has 5 heterocycles. The van der Waals surface area contributed by atoms with Crippen molar-refractivity contribution in [3.8, 4) is 5.75 Å². The summed E-state index contributed by atoms with van der Waals surface area (Å²) in [6, 6.07) is 22.5. The molecule has 220 valence electrons. The Morgan fingerprint density at radius 3 is 2.50 bits per heavy atom. The summed E-state index contributed by atoms with van der Waals surface area (Å²) >= 11 is 0. The molecule has 0 saturated carbocycles. The van der Waals surface area contributed by atoms with E-state index < -0.39 is 24.1 Å². The van der Waals surface area contributed by atoms with Gasteiger partial charge in [-0.05, 0) is 42.8 Å². The standard InChI is InChI=1S/C35H30N4O5/c1-35-32(43-3)25(37(2)34(42)18-9-8-10-19(40)15-18)16-26(44-35)38-23-13-6-4-11-20(23)28-29-22(17-36-33(29)41)27-21-12-5-7-14-24(21)39(35)31(27)30(28)38/h4-15,25-26,32,40H,16-17H2,1-3H3,(H,36,41)/t25-,26-,32-,35+/m0/s1. The molecule has 4 aromatic carbocycles. The number of amides is 2. The van der Waals surface area contributed by atoms with Gasteiger partial charge in [-0.3, -0.25) is 9.59 Å². The number of hydrogen-bond donors (Lipinski definition) is 2. The maximum atomic E-state index is 13.9. The number of phenols is 1. The fraction of sp³-hybridized carbons (Fsp3) is 0.257. The lowest BCUT2D eigenvalue weighted by Gasteiger charge is -2.50. The first kappa shape index (κ1) is 25.6. The highest BCUT2D eigenvalue weighted by molar-refractivity contribution is 6.31. The van der Waals surface area contributed by atoms with Crippen LogP contribution in [0.25, 0.3) is 43.6 Å². The third-order valence-electron chi connectivity index (χ3n) is 10.1. The number of phenolic OH excluding ortho intramolecular Hbond substituents is 1. The number of benzene rings is 4. The van der Waals surface area contributed by atoms with Gasteiger partial charge in [-0.2, -0.15) is 0 Å². The van der Waals surface area contributed by atoms with Gasteiger partial charge in [0.2, 0.25) is 0 Å². The van der Waals surface area contributed by atoms with Crippen LogP contribution in [0.4, 0.5) is 0 Å². The quantitative estimate of drug-likeness (QED) is 0.281. The first-order chi connectivity index (χ1) is 21.3. The topological polar surface area (TPSA) is 98.0 Å². The van der Waals surface area contributed by atoms with Gasteiger partial charge in [-0.15, -0.1) is 0 Å². The largest absolute Gasteiger partial charge is 0.508 e. The second-order valence-electron chi connectivity index (χ2n) is 12.3. The molecule has 2 aromatic heterocycles. The summed E-state index contributed by atoms with van der Waals surface area (Å²) in [6.07, 6.45) is -0.568. The molecule has 3 aliphatic rings. The number of nitrogens with one attached hydrogen (secondary N) is 1. The Kier molecular flexibility index (Phi) is 5.02. The number of para-hydroxylation sites is 2. The van der Waals surface area contributed by atoms with Gasteiger partial charge in [0.15, 0.2) is 5.72 Å². The van der Waals surface area contributed by atoms with Crippen LogP contribution in [0.5, 0.6) is 5.75 Å². The zero-order valence-electron chi connectivity index (χ0n) is 24.5. The molecule has 6 aromatic rings. The number of nitrogens with zero attached hydrogens (tertiary/aromatic N) is 3. The highest BCUT2D eigenvalue weighted by atomic mass is 16.6. The Hall–Kier alpha value is -4.86. The molecule has 1 saturated heterocycles. The molecule has 0 unspecified atom stereocenters. The van der Waals surface area contributed by atoms with E-state index in [1.54, 1.807) is 37.3 Å². The third-order valence-corrected chi connectivity index (χ3v) is 10.1. The van der Waals surface area contributed by atoms with Crippen molar-refractivity contribution in [2.45, 2.75) is 44.0 Å². The van der Waals surface area contributed by atoms with Crippen molar-refractivity contribution >= 4 is 55.4 Å². The van der Waals surface area contributed by atoms with E-state index in [2.05, 4.69) is 45.6 Å². The Bertz CT molecular complexity index is 2250. The number of ether oxygens (including phenoxy) is 2. The average Bonchev–Trinajstić information content (AvgIpc) is 3.67. The van der Waals surface area contributed by atoms with E-state index in [4.69, 9.17) is 9.47 Å². The number of hydrogen-bond acceptors (Lipinski definition) is 5. The number of likely N-dealkylation sites (N-methyl/N-ethyl adjacent to an activating group) is 1. The molecular formula is C35H30N4O5. The first-order valence-corrected chi connectivity index (χ1v) is 14.9. The molecular weight excluding hydrogens is 556 g/mol. The molecule has 9 heteroatoms. The van der Waals surface area contributed by atoms with Gasteiger partial charge >= 0.3 is 0 Å². The van der Waals surface area contributed by atoms with Crippen LogP contribution in [0, 0.1) is 0 Å². The highest BCUT2D eigenvalue weighted by Crippen LogP contribution is 2.54. The minimum atomic E-state index is -1.03. The van der Waals surface area contributed by atoms with E-state index in [0.717, 1.165) is 54.7 Å². The van der Waals surface area contributed by atoms with Crippen LogP contribution in [0.1, 0.15) is 45.9 Å². The minimum Gasteiger partial charge on any atom is -0.508 e. The van der Waals surface area contributed by atoms with Gasteiger partial charge in [0.05, 0.1) is 33.7 Å². The second-order valence-corrected chi connectivity index (χ2v) is 12.3. The molecule has 3 aliphatic heterocycles. The summed E-state index contributed by atoms with van der Waals surface area (Å²) in [6.45, 7) is 2.50. The molecule has 1 fully saturated rings. The van der Waals surface area contributed by atoms with Crippen molar-refractivity contribution < 1.29 is 24.2 Å². The maximum Gasteiger partial charge on any atom is 0.254 e. The number of aromatic nitrogens is 2. The van der Waals surface area contributed by atoms with Gasteiger partial charge in [-0.1, -0.05) is 42.5 Å². The third kappa shape index (κ3) is 3.00. The Balaban J connectivity index is 1.41. The van der Waals surface area contributed by atoms with E-state index in [9.17, 15) is 14.7 Å². The SMILES string of the molecule is CO[C@H]1[C@@H](N(C)C(=O)c2cccc(O)c2)C[C@@H]2O[C@@]1(C)n1c3ccccc3c3c4c(c5c6ccccc6n2c5c31)C(=O)NC4. The lowest BCUT2D eigenvalue weighted by Crippen LogP contribution is -2.61. The van der Waals surface area contributed by atoms with Crippen molar-refractivity contribution in [3.05, 3.63) is 89.5 Å². The number of fused-ring (bicyclic) bond motifs is 13. The first-order valence-electron chi connectivity index (χ1n) is 14.9. The Morgan fingerprint density at radius 2 is 1.75 bits per heavy atom. The van der Waals surface area contributed by atoms with Gasteiger partial charge in [0, 0.05) is 54.2 Å². The Labute approximate surface area is 252 Å². The maximum absolute atomic E-state index is 13.9. The van der Waals surface area contributed by atoms with Gasteiger partial charge in [-0.25, -0.2) is 0 Å². The molecule has 2 N–H and O–H groups in total. The number of carbonyl (C=O) groups excluding carboxylic acids is 2. The minimum absolute atomic E-state index is 0.0371. The highest BCUT2D eigenvalue weighted by Gasteiger charge is 2.55. The van der Waals surface area contributed by atoms with Gasteiger partial charge in [0.25, 0.3) is 11.8 Å². The summed E-state index contributed by atoms with van der Waals surface area (Å²) in [7, 11) is 3.46. The molecule has 4 atom stereocenters. The van der Waals surface area contributed by atoms with Crippen LogP contribution < -0.4 is 5.32 Å². The summed E-state index contributed by atoms with van der Waals surface area (Å²) in [5, 5.41) is 17.2. The fourth-order valence-corrected chi connectivity index (χ4v) is 8.39. The molecule has 0 radical (unpaired) electrons. The van der Waals surface area contributed by atoms with Gasteiger partial charge in [0.1, 0.15) is 18.1 Å². The average molecular weight is 587 g/mol. The van der Waals surface area contributed by atoms with E-state index in [0.29, 0.717) is 18.5 Å². The Morgan fingerprint density at radius 1 is 1.02 bits per heavy atom. The van der Waals surface area contributed by atoms with Crippen LogP contribution in [0.2, 0.25) is 0 Å².